The van der Waals surface area contributed by atoms with E-state index in [1.54, 1.807) is 0 Å². The molecule has 2 aliphatic carbocycles. The normalized spacial score (nSPS) is 25.1. The fraction of sp³-hybridized carbons (Fsp3) is 0.562. The van der Waals surface area contributed by atoms with Gasteiger partial charge in [0.1, 0.15) is 0 Å². The van der Waals surface area contributed by atoms with Crippen molar-refractivity contribution in [1.82, 2.24) is 4.90 Å². The van der Waals surface area contributed by atoms with E-state index in [1.165, 1.54) is 11.1 Å². The van der Waals surface area contributed by atoms with Crippen LogP contribution >= 0.6 is 12.4 Å². The highest BCUT2D eigenvalue weighted by Gasteiger charge is 2.34. The number of rotatable bonds is 2. The van der Waals surface area contributed by atoms with Crippen molar-refractivity contribution in [3.8, 4) is 0 Å². The van der Waals surface area contributed by atoms with Gasteiger partial charge in [0.05, 0.1) is 0 Å². The molecule has 0 radical (unpaired) electrons. The number of nitrogens with zero attached hydrogens (tertiary/aromatic N) is 1. The summed E-state index contributed by atoms with van der Waals surface area (Å²) in [5, 5.41) is 0. The molecule has 0 saturated heterocycles. The first kappa shape index (κ1) is 15.3. The lowest BCUT2D eigenvalue weighted by Gasteiger charge is -2.27. The largest absolute Gasteiger partial charge is 0.342 e. The third kappa shape index (κ3) is 2.84. The van der Waals surface area contributed by atoms with Crippen LogP contribution < -0.4 is 5.73 Å². The monoisotopic (exact) mass is 294 g/mol. The van der Waals surface area contributed by atoms with E-state index in [1.807, 2.05) is 11.9 Å². The molecule has 0 heterocycles. The SMILES string of the molecule is CN(C(=O)C1CCC(N)C1)C1Cc2ccccc2C1.Cl. The Balaban J connectivity index is 0.00000147. The molecule has 3 nitrogen and oxygen atoms in total. The average Bonchev–Trinajstić information content (AvgIpc) is 3.02. The second kappa shape index (κ2) is 6.15. The maximum Gasteiger partial charge on any atom is 0.225 e. The third-order valence-corrected chi connectivity index (χ3v) is 4.75. The number of benzene rings is 1. The zero-order valence-electron chi connectivity index (χ0n) is 11.9. The number of carbonyl (C=O) groups excluding carboxylic acids is 1. The summed E-state index contributed by atoms with van der Waals surface area (Å²) in [6.07, 6.45) is 4.82. The first-order chi connectivity index (χ1) is 9.15. The maximum absolute atomic E-state index is 12.5. The topological polar surface area (TPSA) is 46.3 Å². The van der Waals surface area contributed by atoms with Gasteiger partial charge in [0.2, 0.25) is 5.91 Å². The van der Waals surface area contributed by atoms with Gasteiger partial charge in [-0.2, -0.15) is 0 Å². The van der Waals surface area contributed by atoms with Gasteiger partial charge < -0.3 is 10.6 Å². The quantitative estimate of drug-likeness (QED) is 0.908. The van der Waals surface area contributed by atoms with E-state index in [2.05, 4.69) is 24.3 Å². The van der Waals surface area contributed by atoms with Crippen LogP contribution in [0.4, 0.5) is 0 Å². The number of amides is 1. The summed E-state index contributed by atoms with van der Waals surface area (Å²) in [4.78, 5) is 14.5. The molecule has 1 saturated carbocycles. The zero-order valence-corrected chi connectivity index (χ0v) is 12.7. The summed E-state index contributed by atoms with van der Waals surface area (Å²) in [6, 6.07) is 9.08. The number of carbonyl (C=O) groups is 1. The number of fused-ring (bicyclic) bond motifs is 1. The first-order valence-electron chi connectivity index (χ1n) is 7.24. The van der Waals surface area contributed by atoms with E-state index in [4.69, 9.17) is 5.73 Å². The van der Waals surface area contributed by atoms with Crippen LogP contribution in [0.2, 0.25) is 0 Å². The van der Waals surface area contributed by atoms with Crippen LogP contribution in [0.25, 0.3) is 0 Å². The van der Waals surface area contributed by atoms with Crippen molar-refractivity contribution in [2.75, 3.05) is 7.05 Å². The fourth-order valence-corrected chi connectivity index (χ4v) is 3.52. The van der Waals surface area contributed by atoms with Gasteiger partial charge in [-0.1, -0.05) is 24.3 Å². The van der Waals surface area contributed by atoms with Crippen LogP contribution in [0.15, 0.2) is 24.3 Å². The lowest BCUT2D eigenvalue weighted by Crippen LogP contribution is -2.41. The molecule has 4 heteroatoms. The van der Waals surface area contributed by atoms with Crippen molar-refractivity contribution < 1.29 is 4.79 Å². The molecule has 0 spiro atoms. The van der Waals surface area contributed by atoms with Gasteiger partial charge >= 0.3 is 0 Å². The standard InChI is InChI=1S/C16H22N2O.ClH/c1-18(16(19)13-6-7-14(17)8-13)15-9-11-4-2-3-5-12(11)10-15;/h2-5,13-15H,6-10,17H2,1H3;1H. The molecule has 2 aliphatic rings. The van der Waals surface area contributed by atoms with Crippen LogP contribution in [0.1, 0.15) is 30.4 Å². The molecular weight excluding hydrogens is 272 g/mol. The minimum atomic E-state index is 0. The molecule has 3 rings (SSSR count). The molecule has 2 N–H and O–H groups in total. The van der Waals surface area contributed by atoms with Crippen molar-refractivity contribution in [1.29, 1.82) is 0 Å². The Kier molecular flexibility index (Phi) is 4.71. The summed E-state index contributed by atoms with van der Waals surface area (Å²) >= 11 is 0. The molecule has 0 aliphatic heterocycles. The van der Waals surface area contributed by atoms with Gasteiger partial charge in [0.25, 0.3) is 0 Å². The van der Waals surface area contributed by atoms with Crippen molar-refractivity contribution in [2.24, 2.45) is 11.7 Å². The van der Waals surface area contributed by atoms with Gasteiger partial charge in [-0.15, -0.1) is 12.4 Å². The number of hydrogen-bond donors (Lipinski definition) is 1. The molecule has 110 valence electrons. The average molecular weight is 295 g/mol. The molecule has 1 aromatic carbocycles. The second-order valence-corrected chi connectivity index (χ2v) is 6.05. The van der Waals surface area contributed by atoms with E-state index in [0.29, 0.717) is 11.9 Å². The van der Waals surface area contributed by atoms with Crippen molar-refractivity contribution in [3.63, 3.8) is 0 Å². The van der Waals surface area contributed by atoms with E-state index >= 15 is 0 Å². The van der Waals surface area contributed by atoms with Gasteiger partial charge in [-0.25, -0.2) is 0 Å². The van der Waals surface area contributed by atoms with E-state index in [0.717, 1.165) is 32.1 Å². The molecule has 1 aromatic rings. The Morgan fingerprint density at radius 3 is 2.30 bits per heavy atom. The third-order valence-electron chi connectivity index (χ3n) is 4.75. The summed E-state index contributed by atoms with van der Waals surface area (Å²) in [7, 11) is 1.96. The number of halogens is 1. The van der Waals surface area contributed by atoms with Crippen LogP contribution in [-0.2, 0) is 17.6 Å². The minimum Gasteiger partial charge on any atom is -0.342 e. The molecule has 2 atom stereocenters. The number of nitrogens with two attached hydrogens (primary N) is 1. The molecule has 20 heavy (non-hydrogen) atoms. The summed E-state index contributed by atoms with van der Waals surface area (Å²) in [5.74, 6) is 0.453. The lowest BCUT2D eigenvalue weighted by atomic mass is 10.0. The Labute approximate surface area is 126 Å². The van der Waals surface area contributed by atoms with Gasteiger partial charge in [0, 0.05) is 25.0 Å². The van der Waals surface area contributed by atoms with Gasteiger partial charge in [0.15, 0.2) is 0 Å². The highest BCUT2D eigenvalue weighted by molar-refractivity contribution is 5.85. The minimum absolute atomic E-state index is 0. The highest BCUT2D eigenvalue weighted by Crippen LogP contribution is 2.29. The lowest BCUT2D eigenvalue weighted by molar-refractivity contribution is -0.136. The second-order valence-electron chi connectivity index (χ2n) is 6.05. The molecule has 2 unspecified atom stereocenters. The van der Waals surface area contributed by atoms with E-state index in [9.17, 15) is 4.79 Å². The predicted molar refractivity (Wildman–Crippen MR) is 83.0 cm³/mol. The molecule has 1 fully saturated rings. The number of hydrogen-bond acceptors (Lipinski definition) is 2. The smallest absolute Gasteiger partial charge is 0.225 e. The fourth-order valence-electron chi connectivity index (χ4n) is 3.52. The predicted octanol–water partition coefficient (Wildman–Crippen LogP) is 2.16. The van der Waals surface area contributed by atoms with Crippen molar-refractivity contribution in [3.05, 3.63) is 35.4 Å². The van der Waals surface area contributed by atoms with Crippen molar-refractivity contribution in [2.45, 2.75) is 44.2 Å². The van der Waals surface area contributed by atoms with Crippen LogP contribution in [0, 0.1) is 5.92 Å². The van der Waals surface area contributed by atoms with Gasteiger partial charge in [-0.3, -0.25) is 4.79 Å². The highest BCUT2D eigenvalue weighted by atomic mass is 35.5. The Morgan fingerprint density at radius 2 is 1.80 bits per heavy atom. The first-order valence-corrected chi connectivity index (χ1v) is 7.24. The summed E-state index contributed by atoms with van der Waals surface area (Å²) in [6.45, 7) is 0. The van der Waals surface area contributed by atoms with Crippen molar-refractivity contribution >= 4 is 18.3 Å². The molecule has 0 bridgehead atoms. The molecule has 1 amide bonds. The summed E-state index contributed by atoms with van der Waals surface area (Å²) in [5.41, 5.74) is 8.71. The number of likely N-dealkylation sites (N-methyl/N-ethyl adjacent to an activating group) is 1. The molecular formula is C16H23ClN2O. The van der Waals surface area contributed by atoms with Crippen LogP contribution in [0.5, 0.6) is 0 Å². The zero-order chi connectivity index (χ0) is 13.4. The van der Waals surface area contributed by atoms with Gasteiger partial charge in [-0.05, 0) is 43.2 Å². The maximum atomic E-state index is 12.5. The van der Waals surface area contributed by atoms with E-state index < -0.39 is 0 Å². The molecule has 0 aromatic heterocycles. The Hall–Kier alpha value is -1.06. The Morgan fingerprint density at radius 1 is 1.20 bits per heavy atom. The van der Waals surface area contributed by atoms with Crippen LogP contribution in [0.3, 0.4) is 0 Å². The van der Waals surface area contributed by atoms with Crippen LogP contribution in [-0.4, -0.2) is 29.9 Å². The summed E-state index contributed by atoms with van der Waals surface area (Å²) < 4.78 is 0. The Bertz CT molecular complexity index is 466. The van der Waals surface area contributed by atoms with E-state index in [-0.39, 0.29) is 24.4 Å².